The van der Waals surface area contributed by atoms with E-state index in [0.29, 0.717) is 5.75 Å². The summed E-state index contributed by atoms with van der Waals surface area (Å²) in [5, 5.41) is 0. The second kappa shape index (κ2) is 2.84. The number of hydrogen-bond acceptors (Lipinski definition) is 2. The lowest BCUT2D eigenvalue weighted by Gasteiger charge is -2.18. The number of aryl methyl sites for hydroxylation is 2. The van der Waals surface area contributed by atoms with E-state index in [-0.39, 0.29) is 0 Å². The fourth-order valence-corrected chi connectivity index (χ4v) is 3.42. The van der Waals surface area contributed by atoms with E-state index in [0.717, 1.165) is 29.1 Å². The summed E-state index contributed by atoms with van der Waals surface area (Å²) in [6.45, 7) is 1.96. The van der Waals surface area contributed by atoms with Crippen molar-refractivity contribution >= 4 is 15.4 Å². The number of aromatic nitrogens is 1. The first-order valence-corrected chi connectivity index (χ1v) is 6.31. The van der Waals surface area contributed by atoms with Crippen LogP contribution in [0.4, 0.5) is 0 Å². The SMILES string of the molecule is C=S1(=O)CCCc2nc(C)ccc21. The number of hydrogen-bond donors (Lipinski definition) is 0. The van der Waals surface area contributed by atoms with Crippen molar-refractivity contribution in [1.82, 2.24) is 4.98 Å². The van der Waals surface area contributed by atoms with Gasteiger partial charge in [-0.2, -0.15) is 0 Å². The van der Waals surface area contributed by atoms with Gasteiger partial charge in [0.1, 0.15) is 0 Å². The van der Waals surface area contributed by atoms with Crippen LogP contribution in [-0.2, 0) is 15.9 Å². The van der Waals surface area contributed by atoms with Crippen LogP contribution in [0.1, 0.15) is 17.8 Å². The van der Waals surface area contributed by atoms with Gasteiger partial charge in [0.15, 0.2) is 0 Å². The van der Waals surface area contributed by atoms with Crippen molar-refractivity contribution in [2.75, 3.05) is 5.75 Å². The lowest BCUT2D eigenvalue weighted by atomic mass is 10.2. The van der Waals surface area contributed by atoms with Crippen LogP contribution in [0.15, 0.2) is 17.0 Å². The van der Waals surface area contributed by atoms with Crippen LogP contribution in [-0.4, -0.2) is 20.8 Å². The standard InChI is InChI=1S/C10H13NOS/c1-8-5-6-10-9(11-8)4-3-7-13(10,2)12/h5-6H,2-4,7H2,1H3. The maximum atomic E-state index is 12.0. The van der Waals surface area contributed by atoms with Gasteiger partial charge in [-0.15, -0.1) is 0 Å². The first-order valence-electron chi connectivity index (χ1n) is 4.41. The minimum Gasteiger partial charge on any atom is -0.263 e. The molecule has 0 radical (unpaired) electrons. The van der Waals surface area contributed by atoms with Gasteiger partial charge in [0.05, 0.1) is 10.6 Å². The molecule has 0 saturated carbocycles. The number of rotatable bonds is 0. The summed E-state index contributed by atoms with van der Waals surface area (Å²) < 4.78 is 12.0. The predicted octanol–water partition coefficient (Wildman–Crippen LogP) is 1.41. The maximum absolute atomic E-state index is 12.0. The van der Waals surface area contributed by atoms with Crippen molar-refractivity contribution in [1.29, 1.82) is 0 Å². The predicted molar refractivity (Wildman–Crippen MR) is 55.7 cm³/mol. The van der Waals surface area contributed by atoms with Gasteiger partial charge in [-0.3, -0.25) is 9.19 Å². The third kappa shape index (κ3) is 1.48. The Bertz CT molecular complexity index is 434. The van der Waals surface area contributed by atoms with Crippen molar-refractivity contribution in [2.24, 2.45) is 0 Å². The molecule has 70 valence electrons. The smallest absolute Gasteiger partial charge is 0.0562 e. The number of pyridine rings is 1. The van der Waals surface area contributed by atoms with Gasteiger partial charge in [0.2, 0.25) is 0 Å². The second-order valence-electron chi connectivity index (χ2n) is 3.52. The zero-order valence-electron chi connectivity index (χ0n) is 7.75. The zero-order valence-corrected chi connectivity index (χ0v) is 8.56. The molecule has 3 heteroatoms. The molecule has 1 aliphatic rings. The van der Waals surface area contributed by atoms with Crippen LogP contribution in [0.5, 0.6) is 0 Å². The van der Waals surface area contributed by atoms with Gasteiger partial charge < -0.3 is 0 Å². The fraction of sp³-hybridized carbons (Fsp3) is 0.400. The van der Waals surface area contributed by atoms with Gasteiger partial charge >= 0.3 is 0 Å². The highest BCUT2D eigenvalue weighted by molar-refractivity contribution is 8.00. The number of nitrogens with zero attached hydrogens (tertiary/aromatic N) is 1. The average Bonchev–Trinajstić information content (AvgIpc) is 2.02. The molecule has 2 nitrogen and oxygen atoms in total. The summed E-state index contributed by atoms with van der Waals surface area (Å²) >= 11 is 0. The molecule has 0 saturated heterocycles. The van der Waals surface area contributed by atoms with E-state index in [1.165, 1.54) is 0 Å². The van der Waals surface area contributed by atoms with Crippen LogP contribution in [0, 0.1) is 6.92 Å². The molecule has 2 rings (SSSR count). The summed E-state index contributed by atoms with van der Waals surface area (Å²) in [6.07, 6.45) is 1.90. The van der Waals surface area contributed by atoms with Crippen LogP contribution in [0.3, 0.4) is 0 Å². The summed E-state index contributed by atoms with van der Waals surface area (Å²) in [7, 11) is -2.02. The Hall–Kier alpha value is -0.830. The number of fused-ring (bicyclic) bond motifs is 1. The van der Waals surface area contributed by atoms with Crippen LogP contribution >= 0.6 is 0 Å². The molecule has 1 unspecified atom stereocenters. The molecule has 1 atom stereocenters. The first-order chi connectivity index (χ1) is 6.09. The summed E-state index contributed by atoms with van der Waals surface area (Å²) in [5.41, 5.74) is 1.99. The minimum atomic E-state index is -2.02. The van der Waals surface area contributed by atoms with E-state index in [1.807, 2.05) is 19.1 Å². The zero-order chi connectivity index (χ0) is 9.47. The molecule has 1 aromatic rings. The molecule has 0 spiro atoms. The van der Waals surface area contributed by atoms with Crippen molar-refractivity contribution in [3.63, 3.8) is 0 Å². The van der Waals surface area contributed by atoms with Gasteiger partial charge in [-0.25, -0.2) is 0 Å². The van der Waals surface area contributed by atoms with Gasteiger partial charge in [-0.1, -0.05) is 0 Å². The van der Waals surface area contributed by atoms with Gasteiger partial charge in [-0.05, 0) is 47.3 Å². The molecule has 0 fully saturated rings. The van der Waals surface area contributed by atoms with Crippen molar-refractivity contribution in [2.45, 2.75) is 24.7 Å². The van der Waals surface area contributed by atoms with Crippen LogP contribution < -0.4 is 0 Å². The minimum absolute atomic E-state index is 0.713. The fourth-order valence-electron chi connectivity index (χ4n) is 1.70. The Morgan fingerprint density at radius 3 is 3.08 bits per heavy atom. The summed E-state index contributed by atoms with van der Waals surface area (Å²) in [5.74, 6) is 4.50. The average molecular weight is 195 g/mol. The maximum Gasteiger partial charge on any atom is 0.0562 e. The summed E-state index contributed by atoms with van der Waals surface area (Å²) in [6, 6.07) is 3.83. The van der Waals surface area contributed by atoms with E-state index in [2.05, 4.69) is 10.9 Å². The monoisotopic (exact) mass is 195 g/mol. The van der Waals surface area contributed by atoms with Crippen LogP contribution in [0.2, 0.25) is 0 Å². The van der Waals surface area contributed by atoms with Crippen molar-refractivity contribution < 1.29 is 4.21 Å². The first kappa shape index (κ1) is 8.75. The molecule has 2 heterocycles. The topological polar surface area (TPSA) is 30.0 Å². The van der Waals surface area contributed by atoms with Gasteiger partial charge in [0.25, 0.3) is 0 Å². The Kier molecular flexibility index (Phi) is 1.91. The van der Waals surface area contributed by atoms with Crippen molar-refractivity contribution in [3.05, 3.63) is 23.5 Å². The highest BCUT2D eigenvalue weighted by Gasteiger charge is 2.19. The molecule has 13 heavy (non-hydrogen) atoms. The largest absolute Gasteiger partial charge is 0.263 e. The lowest BCUT2D eigenvalue weighted by molar-refractivity contribution is 0.668. The quantitative estimate of drug-likeness (QED) is 0.586. The highest BCUT2D eigenvalue weighted by Crippen LogP contribution is 2.23. The van der Waals surface area contributed by atoms with E-state index < -0.39 is 9.52 Å². The molecule has 0 amide bonds. The van der Waals surface area contributed by atoms with E-state index in [1.54, 1.807) is 0 Å². The second-order valence-corrected chi connectivity index (χ2v) is 5.99. The third-order valence-corrected chi connectivity index (χ3v) is 4.48. The third-order valence-electron chi connectivity index (χ3n) is 2.36. The molecular formula is C10H13NOS. The molecule has 0 bridgehead atoms. The van der Waals surface area contributed by atoms with E-state index in [4.69, 9.17) is 0 Å². The molecular weight excluding hydrogens is 182 g/mol. The Morgan fingerprint density at radius 1 is 1.54 bits per heavy atom. The van der Waals surface area contributed by atoms with Gasteiger partial charge in [0, 0.05) is 11.4 Å². The van der Waals surface area contributed by atoms with E-state index in [9.17, 15) is 4.21 Å². The normalized spacial score (nSPS) is 26.8. The molecule has 0 aromatic carbocycles. The lowest BCUT2D eigenvalue weighted by Crippen LogP contribution is -2.17. The Labute approximate surface area is 79.0 Å². The molecule has 0 aliphatic carbocycles. The van der Waals surface area contributed by atoms with E-state index >= 15 is 0 Å². The molecule has 0 N–H and O–H groups in total. The molecule has 1 aromatic heterocycles. The Morgan fingerprint density at radius 2 is 2.31 bits per heavy atom. The van der Waals surface area contributed by atoms with Crippen molar-refractivity contribution in [3.8, 4) is 0 Å². The highest BCUT2D eigenvalue weighted by atomic mass is 32.2. The van der Waals surface area contributed by atoms with Crippen LogP contribution in [0.25, 0.3) is 0 Å². The molecule has 1 aliphatic heterocycles. The summed E-state index contributed by atoms with van der Waals surface area (Å²) in [4.78, 5) is 5.27. The Balaban J connectivity index is 2.66.